The second kappa shape index (κ2) is 7.72. The molecule has 1 N–H and O–H groups in total. The first-order valence-electron chi connectivity index (χ1n) is 11.8. The molecule has 4 bridgehead atoms. The van der Waals surface area contributed by atoms with E-state index in [-0.39, 0.29) is 22.9 Å². The fourth-order valence-corrected chi connectivity index (χ4v) is 7.26. The Labute approximate surface area is 193 Å². The van der Waals surface area contributed by atoms with E-state index in [4.69, 9.17) is 0 Å². The summed E-state index contributed by atoms with van der Waals surface area (Å²) in [4.78, 5) is 18.0. The van der Waals surface area contributed by atoms with Crippen molar-refractivity contribution in [2.45, 2.75) is 83.2 Å². The van der Waals surface area contributed by atoms with Gasteiger partial charge in [0.2, 0.25) is 10.6 Å². The molecule has 1 aromatic heterocycles. The molecule has 0 radical (unpaired) electrons. The summed E-state index contributed by atoms with van der Waals surface area (Å²) >= 11 is 3.41. The van der Waals surface area contributed by atoms with E-state index >= 15 is 0 Å². The van der Waals surface area contributed by atoms with Crippen molar-refractivity contribution < 1.29 is 4.79 Å². The van der Waals surface area contributed by atoms with E-state index < -0.39 is 0 Å². The van der Waals surface area contributed by atoms with Crippen molar-refractivity contribution in [3.63, 3.8) is 0 Å². The summed E-state index contributed by atoms with van der Waals surface area (Å²) in [6.45, 7) is 6.59. The highest BCUT2D eigenvalue weighted by atomic mass is 79.9. The minimum absolute atomic E-state index is 0.0166. The van der Waals surface area contributed by atoms with Crippen LogP contribution < -0.4 is 5.32 Å². The van der Waals surface area contributed by atoms with Crippen LogP contribution in [-0.2, 0) is 10.3 Å². The minimum atomic E-state index is -0.270. The molecule has 4 atom stereocenters. The van der Waals surface area contributed by atoms with Crippen LogP contribution in [-0.4, -0.2) is 20.7 Å². The molecule has 6 heteroatoms. The number of benzene rings is 1. The first-order chi connectivity index (χ1) is 14.8. The van der Waals surface area contributed by atoms with E-state index in [9.17, 15) is 4.79 Å². The van der Waals surface area contributed by atoms with Gasteiger partial charge in [-0.15, -0.1) is 5.10 Å². The maximum atomic E-state index is 13.7. The summed E-state index contributed by atoms with van der Waals surface area (Å²) in [5, 5.41) is 8.02. The van der Waals surface area contributed by atoms with Gasteiger partial charge in [-0.1, -0.05) is 38.1 Å². The summed E-state index contributed by atoms with van der Waals surface area (Å²) in [7, 11) is 0. The first-order valence-corrected chi connectivity index (χ1v) is 12.6. The van der Waals surface area contributed by atoms with Gasteiger partial charge in [-0.2, -0.15) is 0 Å². The number of halogens is 1. The third-order valence-corrected chi connectivity index (χ3v) is 8.79. The number of rotatable bonds is 6. The van der Waals surface area contributed by atoms with Gasteiger partial charge < -0.3 is 5.32 Å². The van der Waals surface area contributed by atoms with Crippen molar-refractivity contribution >= 4 is 21.8 Å². The summed E-state index contributed by atoms with van der Waals surface area (Å²) in [5.74, 6) is 2.03. The van der Waals surface area contributed by atoms with Gasteiger partial charge >= 0.3 is 0 Å². The van der Waals surface area contributed by atoms with E-state index in [1.165, 1.54) is 17.5 Å². The van der Waals surface area contributed by atoms with Crippen LogP contribution in [0.2, 0.25) is 0 Å². The van der Waals surface area contributed by atoms with Gasteiger partial charge in [-0.3, -0.25) is 4.79 Å². The molecule has 0 saturated heterocycles. The van der Waals surface area contributed by atoms with Crippen LogP contribution >= 0.6 is 15.9 Å². The van der Waals surface area contributed by atoms with E-state index in [0.717, 1.165) is 38.5 Å². The summed E-state index contributed by atoms with van der Waals surface area (Å²) < 4.78 is 2.70. The molecule has 0 aliphatic heterocycles. The van der Waals surface area contributed by atoms with Crippen molar-refractivity contribution in [2.75, 3.05) is 0 Å². The third-order valence-electron chi connectivity index (χ3n) is 8.43. The number of nitrogens with zero attached hydrogens (tertiary/aromatic N) is 3. The van der Waals surface area contributed by atoms with Crippen LogP contribution in [0.1, 0.15) is 88.8 Å². The second-order valence-corrected chi connectivity index (χ2v) is 11.3. The number of hydrogen-bond donors (Lipinski definition) is 1. The fourth-order valence-electron chi connectivity index (χ4n) is 7.00. The Hall–Kier alpha value is -1.69. The van der Waals surface area contributed by atoms with Crippen LogP contribution in [0.5, 0.6) is 0 Å². The highest BCUT2D eigenvalue weighted by Crippen LogP contribution is 2.64. The van der Waals surface area contributed by atoms with Gasteiger partial charge in [-0.05, 0) is 96.7 Å². The van der Waals surface area contributed by atoms with E-state index in [1.807, 2.05) is 6.33 Å². The Bertz CT molecular complexity index is 954. The molecule has 0 spiro atoms. The van der Waals surface area contributed by atoms with Gasteiger partial charge in [0.05, 0.1) is 17.0 Å². The average Bonchev–Trinajstić information content (AvgIpc) is 3.19. The van der Waals surface area contributed by atoms with Gasteiger partial charge in [0.15, 0.2) is 0 Å². The van der Waals surface area contributed by atoms with Crippen molar-refractivity contribution in [1.29, 1.82) is 0 Å². The normalized spacial score (nSPS) is 33.3. The lowest BCUT2D eigenvalue weighted by Crippen LogP contribution is -2.61. The van der Waals surface area contributed by atoms with Crippen LogP contribution in [0.15, 0.2) is 35.3 Å². The van der Waals surface area contributed by atoms with Crippen LogP contribution in [0.25, 0.3) is 0 Å². The number of carbonyl (C=O) groups excluding carboxylic acids is 1. The van der Waals surface area contributed by atoms with Gasteiger partial charge in [0.25, 0.3) is 0 Å². The smallest absolute Gasteiger partial charge is 0.226 e. The molecule has 5 nitrogen and oxygen atoms in total. The summed E-state index contributed by atoms with van der Waals surface area (Å²) in [5.41, 5.74) is 2.22. The zero-order chi connectivity index (χ0) is 21.8. The van der Waals surface area contributed by atoms with Crippen molar-refractivity contribution in [1.82, 2.24) is 20.1 Å². The molecule has 1 amide bonds. The van der Waals surface area contributed by atoms with E-state index in [0.29, 0.717) is 22.5 Å². The van der Waals surface area contributed by atoms with Crippen molar-refractivity contribution in [3.8, 4) is 0 Å². The number of hydrogen-bond acceptors (Lipinski definition) is 3. The molecule has 4 aliphatic carbocycles. The zero-order valence-corrected chi connectivity index (χ0v) is 20.4. The summed E-state index contributed by atoms with van der Waals surface area (Å²) in [6, 6.07) is 8.81. The number of aromatic nitrogens is 3. The van der Waals surface area contributed by atoms with Crippen LogP contribution in [0.4, 0.5) is 0 Å². The molecular weight excluding hydrogens is 452 g/mol. The van der Waals surface area contributed by atoms with E-state index in [1.54, 1.807) is 0 Å². The Morgan fingerprint density at radius 1 is 1.16 bits per heavy atom. The molecule has 6 rings (SSSR count). The predicted molar refractivity (Wildman–Crippen MR) is 125 cm³/mol. The molecule has 4 saturated carbocycles. The predicted octanol–water partition coefficient (Wildman–Crippen LogP) is 5.73. The largest absolute Gasteiger partial charge is 0.349 e. The highest BCUT2D eigenvalue weighted by molar-refractivity contribution is 9.10. The maximum absolute atomic E-state index is 13.7. The highest BCUT2D eigenvalue weighted by Gasteiger charge is 2.61. The van der Waals surface area contributed by atoms with Crippen molar-refractivity contribution in [2.24, 2.45) is 17.3 Å². The van der Waals surface area contributed by atoms with Gasteiger partial charge in [-0.25, -0.2) is 9.67 Å². The molecule has 166 valence electrons. The number of nitrogens with one attached hydrogen (secondary N) is 1. The van der Waals surface area contributed by atoms with Crippen LogP contribution in [0, 0.1) is 17.3 Å². The first kappa shape index (κ1) is 21.2. The standard InChI is InChI=1S/C25H33BrN4O/c1-4-16(2)20-5-7-21(8-6-20)17(3)28-22(31)24-10-18-9-19(11-24)13-25(12-18,14-24)30-15-27-23(26)29-30/h5-8,15-19H,4,9-14H2,1-3H3,(H,28,31)/t16-,17+,18-,19-,24?,25?/m0/s1. The lowest BCUT2D eigenvalue weighted by Gasteiger charge is -2.61. The second-order valence-electron chi connectivity index (χ2n) is 10.6. The lowest BCUT2D eigenvalue weighted by atomic mass is 9.46. The van der Waals surface area contributed by atoms with Gasteiger partial charge in [0, 0.05) is 0 Å². The maximum Gasteiger partial charge on any atom is 0.226 e. The molecule has 2 aromatic rings. The quantitative estimate of drug-likeness (QED) is 0.569. The van der Waals surface area contributed by atoms with Crippen LogP contribution in [0.3, 0.4) is 0 Å². The third kappa shape index (κ3) is 3.65. The number of amides is 1. The Morgan fingerprint density at radius 2 is 1.81 bits per heavy atom. The number of carbonyl (C=O) groups is 1. The van der Waals surface area contributed by atoms with Crippen molar-refractivity contribution in [3.05, 3.63) is 46.5 Å². The summed E-state index contributed by atoms with van der Waals surface area (Å²) in [6.07, 6.45) is 9.43. The lowest BCUT2D eigenvalue weighted by molar-refractivity contribution is -0.156. The molecular formula is C25H33BrN4O. The topological polar surface area (TPSA) is 59.8 Å². The zero-order valence-electron chi connectivity index (χ0n) is 18.8. The fraction of sp³-hybridized carbons (Fsp3) is 0.640. The molecule has 1 heterocycles. The van der Waals surface area contributed by atoms with E-state index in [2.05, 4.69) is 81.0 Å². The Kier molecular flexibility index (Phi) is 5.27. The minimum Gasteiger partial charge on any atom is -0.349 e. The molecule has 4 fully saturated rings. The molecule has 4 aliphatic rings. The Morgan fingerprint density at radius 3 is 2.39 bits per heavy atom. The monoisotopic (exact) mass is 484 g/mol. The van der Waals surface area contributed by atoms with Gasteiger partial charge in [0.1, 0.15) is 6.33 Å². The molecule has 1 aromatic carbocycles. The molecule has 31 heavy (non-hydrogen) atoms. The Balaban J connectivity index is 1.35. The average molecular weight is 485 g/mol. The SMILES string of the molecule is CC[C@H](C)c1ccc([C@@H](C)NC(=O)C23C[C@@H]4C[C@@H](C2)CC(n2cnc(Br)n2)(C4)C3)cc1. The molecule has 0 unspecified atom stereocenters.